The first kappa shape index (κ1) is 25.5. The van der Waals surface area contributed by atoms with E-state index < -0.39 is 5.60 Å². The molecule has 2 saturated heterocycles. The monoisotopic (exact) mass is 481 g/mol. The summed E-state index contributed by atoms with van der Waals surface area (Å²) < 4.78 is 16.7. The summed E-state index contributed by atoms with van der Waals surface area (Å²) in [5, 5.41) is 0. The summed E-state index contributed by atoms with van der Waals surface area (Å²) in [5.74, 6) is 0.860. The van der Waals surface area contributed by atoms with Gasteiger partial charge in [-0.25, -0.2) is 4.79 Å². The fraction of sp³-hybridized carbons (Fsp3) is 0.536. The van der Waals surface area contributed by atoms with E-state index in [4.69, 9.17) is 14.2 Å². The lowest BCUT2D eigenvalue weighted by atomic mass is 9.96. The molecule has 2 heterocycles. The molecule has 0 saturated carbocycles. The highest BCUT2D eigenvalue weighted by Crippen LogP contribution is 2.31. The van der Waals surface area contributed by atoms with Gasteiger partial charge >= 0.3 is 6.09 Å². The summed E-state index contributed by atoms with van der Waals surface area (Å²) in [5.41, 5.74) is 3.16. The largest absolute Gasteiger partial charge is 0.497 e. The van der Waals surface area contributed by atoms with Crippen molar-refractivity contribution in [2.24, 2.45) is 0 Å². The van der Waals surface area contributed by atoms with E-state index in [1.165, 1.54) is 16.7 Å². The molecule has 7 nitrogen and oxygen atoms in total. The van der Waals surface area contributed by atoms with Crippen LogP contribution in [0.4, 0.5) is 4.79 Å². The lowest BCUT2D eigenvalue weighted by molar-refractivity contribution is -0.00339. The van der Waals surface area contributed by atoms with E-state index in [0.29, 0.717) is 6.54 Å². The number of rotatable bonds is 6. The average molecular weight is 482 g/mol. The van der Waals surface area contributed by atoms with Crippen molar-refractivity contribution >= 4 is 6.09 Å². The van der Waals surface area contributed by atoms with Crippen LogP contribution in [-0.4, -0.2) is 79.4 Å². The minimum absolute atomic E-state index is 0.0749. The molecule has 2 aliphatic heterocycles. The van der Waals surface area contributed by atoms with E-state index in [2.05, 4.69) is 46.2 Å². The third-order valence-electron chi connectivity index (χ3n) is 6.57. The molecule has 0 radical (unpaired) electrons. The van der Waals surface area contributed by atoms with Crippen molar-refractivity contribution < 1.29 is 19.0 Å². The van der Waals surface area contributed by atoms with Crippen LogP contribution in [0.1, 0.15) is 43.5 Å². The van der Waals surface area contributed by atoms with Crippen molar-refractivity contribution in [1.82, 2.24) is 14.7 Å². The lowest BCUT2D eigenvalue weighted by Gasteiger charge is -2.43. The maximum Gasteiger partial charge on any atom is 0.410 e. The first-order chi connectivity index (χ1) is 16.8. The van der Waals surface area contributed by atoms with Gasteiger partial charge in [-0.2, -0.15) is 0 Å². The van der Waals surface area contributed by atoms with Crippen molar-refractivity contribution in [2.45, 2.75) is 45.5 Å². The number of hydrogen-bond donors (Lipinski definition) is 0. The average Bonchev–Trinajstić information content (AvgIpc) is 2.84. The van der Waals surface area contributed by atoms with Gasteiger partial charge in [0.25, 0.3) is 0 Å². The van der Waals surface area contributed by atoms with Crippen LogP contribution in [0, 0.1) is 0 Å². The molecule has 4 rings (SSSR count). The molecular formula is C28H39N3O4. The Morgan fingerprint density at radius 3 is 2.34 bits per heavy atom. The van der Waals surface area contributed by atoms with Crippen molar-refractivity contribution in [3.8, 4) is 5.75 Å². The second-order valence-electron chi connectivity index (χ2n) is 10.4. The van der Waals surface area contributed by atoms with Crippen molar-refractivity contribution in [3.63, 3.8) is 0 Å². The molecule has 190 valence electrons. The lowest BCUT2D eigenvalue weighted by Crippen LogP contribution is -2.51. The van der Waals surface area contributed by atoms with Gasteiger partial charge in [0.05, 0.1) is 26.4 Å². The molecule has 7 heteroatoms. The maximum atomic E-state index is 13.3. The first-order valence-electron chi connectivity index (χ1n) is 12.6. The molecule has 2 aliphatic rings. The highest BCUT2D eigenvalue weighted by atomic mass is 16.6. The van der Waals surface area contributed by atoms with Crippen LogP contribution in [0.5, 0.6) is 5.75 Å². The van der Waals surface area contributed by atoms with Gasteiger partial charge in [-0.3, -0.25) is 14.7 Å². The molecule has 0 N–H and O–H groups in total. The van der Waals surface area contributed by atoms with E-state index in [-0.39, 0.29) is 12.1 Å². The minimum Gasteiger partial charge on any atom is -0.497 e. The number of morpholine rings is 1. The number of carbonyl (C=O) groups excluding carboxylic acids is 1. The van der Waals surface area contributed by atoms with E-state index >= 15 is 0 Å². The van der Waals surface area contributed by atoms with Crippen molar-refractivity contribution in [2.75, 3.05) is 53.0 Å². The van der Waals surface area contributed by atoms with Gasteiger partial charge in [-0.15, -0.1) is 0 Å². The Hall–Kier alpha value is -2.61. The van der Waals surface area contributed by atoms with Gasteiger partial charge in [0.1, 0.15) is 11.4 Å². The third kappa shape index (κ3) is 6.97. The Kier molecular flexibility index (Phi) is 8.31. The van der Waals surface area contributed by atoms with Crippen molar-refractivity contribution in [3.05, 3.63) is 65.2 Å². The Morgan fingerprint density at radius 2 is 1.66 bits per heavy atom. The standard InChI is InChI=1S/C28H39N3O4/c1-28(2,3)35-27(32)31-14-13-30(19-22-9-11-24(33-4)12-10-22)21-26(31)25-8-6-5-7-23(25)20-29-15-17-34-18-16-29/h5-12,26H,13-21H2,1-4H3. The fourth-order valence-electron chi connectivity index (χ4n) is 4.78. The van der Waals surface area contributed by atoms with E-state index in [0.717, 1.165) is 58.2 Å². The number of carbonyl (C=O) groups is 1. The summed E-state index contributed by atoms with van der Waals surface area (Å²) in [6, 6.07) is 16.7. The van der Waals surface area contributed by atoms with Crippen LogP contribution < -0.4 is 4.74 Å². The molecule has 1 amide bonds. The second-order valence-corrected chi connectivity index (χ2v) is 10.4. The number of methoxy groups -OCH3 is 1. The quantitative estimate of drug-likeness (QED) is 0.613. The van der Waals surface area contributed by atoms with Crippen LogP contribution in [0.15, 0.2) is 48.5 Å². The predicted octanol–water partition coefficient (Wildman–Crippen LogP) is 4.32. The second kappa shape index (κ2) is 11.4. The summed E-state index contributed by atoms with van der Waals surface area (Å²) >= 11 is 0. The Morgan fingerprint density at radius 1 is 0.943 bits per heavy atom. The Balaban J connectivity index is 1.57. The number of amides is 1. The van der Waals surface area contributed by atoms with E-state index in [1.54, 1.807) is 7.11 Å². The molecule has 1 atom stereocenters. The fourth-order valence-corrected chi connectivity index (χ4v) is 4.78. The zero-order valence-electron chi connectivity index (χ0n) is 21.5. The SMILES string of the molecule is COc1ccc(CN2CCN(C(=O)OC(C)(C)C)C(c3ccccc3CN3CCOCC3)C2)cc1. The van der Waals surface area contributed by atoms with E-state index in [1.807, 2.05) is 37.8 Å². The zero-order valence-corrected chi connectivity index (χ0v) is 21.5. The van der Waals surface area contributed by atoms with Crippen LogP contribution in [0.2, 0.25) is 0 Å². The molecule has 2 fully saturated rings. The van der Waals surface area contributed by atoms with Gasteiger partial charge < -0.3 is 14.2 Å². The smallest absolute Gasteiger partial charge is 0.410 e. The Labute approximate surface area is 209 Å². The van der Waals surface area contributed by atoms with Gasteiger partial charge in [0.2, 0.25) is 0 Å². The highest BCUT2D eigenvalue weighted by molar-refractivity contribution is 5.69. The van der Waals surface area contributed by atoms with Crippen LogP contribution in [-0.2, 0) is 22.6 Å². The summed E-state index contributed by atoms with van der Waals surface area (Å²) in [6.45, 7) is 13.0. The summed E-state index contributed by atoms with van der Waals surface area (Å²) in [6.07, 6.45) is -0.243. The predicted molar refractivity (Wildman–Crippen MR) is 136 cm³/mol. The third-order valence-corrected chi connectivity index (χ3v) is 6.57. The number of ether oxygens (including phenoxy) is 3. The van der Waals surface area contributed by atoms with Gasteiger partial charge in [0, 0.05) is 45.8 Å². The number of piperazine rings is 1. The van der Waals surface area contributed by atoms with Crippen LogP contribution >= 0.6 is 0 Å². The molecule has 2 aromatic rings. The maximum absolute atomic E-state index is 13.3. The highest BCUT2D eigenvalue weighted by Gasteiger charge is 2.35. The molecule has 2 aromatic carbocycles. The van der Waals surface area contributed by atoms with Crippen molar-refractivity contribution in [1.29, 1.82) is 0 Å². The topological polar surface area (TPSA) is 54.5 Å². The first-order valence-corrected chi connectivity index (χ1v) is 12.6. The molecule has 0 aromatic heterocycles. The summed E-state index contributed by atoms with van der Waals surface area (Å²) in [7, 11) is 1.68. The molecular weight excluding hydrogens is 442 g/mol. The Bertz CT molecular complexity index is 967. The normalized spacial score (nSPS) is 20.0. The molecule has 1 unspecified atom stereocenters. The molecule has 0 spiro atoms. The van der Waals surface area contributed by atoms with Gasteiger partial charge in [-0.1, -0.05) is 36.4 Å². The van der Waals surface area contributed by atoms with Gasteiger partial charge in [0.15, 0.2) is 0 Å². The van der Waals surface area contributed by atoms with E-state index in [9.17, 15) is 4.79 Å². The van der Waals surface area contributed by atoms with Crippen LogP contribution in [0.3, 0.4) is 0 Å². The van der Waals surface area contributed by atoms with Gasteiger partial charge in [-0.05, 0) is 49.6 Å². The number of nitrogens with zero attached hydrogens (tertiary/aromatic N) is 3. The van der Waals surface area contributed by atoms with Crippen LogP contribution in [0.25, 0.3) is 0 Å². The zero-order chi connectivity index (χ0) is 24.8. The minimum atomic E-state index is -0.533. The summed E-state index contributed by atoms with van der Waals surface area (Å²) in [4.78, 5) is 20.1. The number of benzene rings is 2. The molecule has 0 bridgehead atoms. The molecule has 35 heavy (non-hydrogen) atoms. The number of hydrogen-bond acceptors (Lipinski definition) is 6. The molecule has 0 aliphatic carbocycles.